The third kappa shape index (κ3) is 4.43. The van der Waals surface area contributed by atoms with Crippen molar-refractivity contribution >= 4 is 35.1 Å². The topological polar surface area (TPSA) is 136 Å². The summed E-state index contributed by atoms with van der Waals surface area (Å²) in [7, 11) is 0. The van der Waals surface area contributed by atoms with Crippen LogP contribution in [0.25, 0.3) is 0 Å². The van der Waals surface area contributed by atoms with Crippen molar-refractivity contribution in [2.45, 2.75) is 6.42 Å². The lowest BCUT2D eigenvalue weighted by Crippen LogP contribution is -2.32. The summed E-state index contributed by atoms with van der Waals surface area (Å²) in [4.78, 5) is 59.2. The Morgan fingerprint density at radius 3 is 2.31 bits per heavy atom. The molecule has 0 atom stereocenters. The molecule has 2 aromatic carbocycles. The highest BCUT2D eigenvalue weighted by atomic mass is 16.6. The maximum atomic E-state index is 12.2. The Morgan fingerprint density at radius 2 is 1.69 bits per heavy atom. The van der Waals surface area contributed by atoms with Gasteiger partial charge in [-0.3, -0.25) is 34.2 Å². The number of hydrogen-bond donors (Lipinski definition) is 1. The number of carbonyl (C=O) groups excluding carboxylic acids is 4. The third-order valence-corrected chi connectivity index (χ3v) is 4.12. The molecule has 0 unspecified atom stereocenters. The molecule has 0 saturated heterocycles. The number of fused-ring (bicyclic) bond motifs is 1. The van der Waals surface area contributed by atoms with Gasteiger partial charge in [-0.25, -0.2) is 0 Å². The molecule has 0 bridgehead atoms. The number of rotatable bonds is 7. The fourth-order valence-corrected chi connectivity index (χ4v) is 2.76. The highest BCUT2D eigenvalue weighted by Crippen LogP contribution is 2.22. The molecular weight excluding hydrogens is 382 g/mol. The molecule has 0 aromatic heterocycles. The standard InChI is InChI=1S/C19H15N3O7/c23-16(20-12-4-3-5-13(10-12)22(27)28)11-29-17(24)8-9-21-18(25)14-6-1-2-7-15(14)19(21)26/h1-7,10H,8-9,11H2,(H,20,23). The summed E-state index contributed by atoms with van der Waals surface area (Å²) < 4.78 is 4.83. The predicted octanol–water partition coefficient (Wildman–Crippen LogP) is 1.76. The summed E-state index contributed by atoms with van der Waals surface area (Å²) in [6.07, 6.45) is -0.268. The minimum Gasteiger partial charge on any atom is -0.456 e. The zero-order valence-corrected chi connectivity index (χ0v) is 15.0. The van der Waals surface area contributed by atoms with Gasteiger partial charge < -0.3 is 10.1 Å². The van der Waals surface area contributed by atoms with Crippen LogP contribution in [0.2, 0.25) is 0 Å². The van der Waals surface area contributed by atoms with E-state index in [4.69, 9.17) is 4.74 Å². The molecule has 0 radical (unpaired) electrons. The highest BCUT2D eigenvalue weighted by molar-refractivity contribution is 6.21. The van der Waals surface area contributed by atoms with Crippen LogP contribution < -0.4 is 5.32 Å². The number of carbonyl (C=O) groups is 4. The van der Waals surface area contributed by atoms with Gasteiger partial charge in [-0.2, -0.15) is 0 Å². The number of nitro groups is 1. The Bertz CT molecular complexity index is 983. The lowest BCUT2D eigenvalue weighted by molar-refractivity contribution is -0.384. The number of nitro benzene ring substituents is 1. The first-order valence-corrected chi connectivity index (χ1v) is 8.52. The number of amides is 3. The number of esters is 1. The molecule has 1 aliphatic rings. The van der Waals surface area contributed by atoms with Crippen LogP contribution in [-0.4, -0.2) is 46.7 Å². The van der Waals surface area contributed by atoms with Crippen LogP contribution in [0.5, 0.6) is 0 Å². The average Bonchev–Trinajstić information content (AvgIpc) is 2.95. The van der Waals surface area contributed by atoms with Crippen LogP contribution in [0.4, 0.5) is 11.4 Å². The maximum absolute atomic E-state index is 12.2. The SMILES string of the molecule is O=C(COC(=O)CCN1C(=O)c2ccccc2C1=O)Nc1cccc([N+](=O)[O-])c1. The van der Waals surface area contributed by atoms with Crippen molar-refractivity contribution < 1.29 is 28.8 Å². The van der Waals surface area contributed by atoms with Crippen molar-refractivity contribution in [2.24, 2.45) is 0 Å². The van der Waals surface area contributed by atoms with E-state index in [-0.39, 0.29) is 35.5 Å². The fraction of sp³-hybridized carbons (Fsp3) is 0.158. The van der Waals surface area contributed by atoms with Gasteiger partial charge in [0.1, 0.15) is 0 Å². The van der Waals surface area contributed by atoms with Crippen molar-refractivity contribution in [2.75, 3.05) is 18.5 Å². The number of imide groups is 1. The second kappa shape index (κ2) is 8.30. The molecule has 1 aliphatic heterocycles. The van der Waals surface area contributed by atoms with Gasteiger partial charge in [-0.15, -0.1) is 0 Å². The largest absolute Gasteiger partial charge is 0.456 e. The lowest BCUT2D eigenvalue weighted by atomic mass is 10.1. The number of nitrogens with zero attached hydrogens (tertiary/aromatic N) is 2. The van der Waals surface area contributed by atoms with Crippen LogP contribution in [0.3, 0.4) is 0 Å². The molecule has 0 spiro atoms. The van der Waals surface area contributed by atoms with Gasteiger partial charge in [-0.05, 0) is 18.2 Å². The number of hydrogen-bond acceptors (Lipinski definition) is 7. The van der Waals surface area contributed by atoms with Crippen molar-refractivity contribution in [3.05, 3.63) is 69.8 Å². The number of non-ortho nitro benzene ring substituents is 1. The van der Waals surface area contributed by atoms with E-state index < -0.39 is 35.2 Å². The Morgan fingerprint density at radius 1 is 1.03 bits per heavy atom. The van der Waals surface area contributed by atoms with Crippen LogP contribution in [0.15, 0.2) is 48.5 Å². The molecule has 2 aromatic rings. The fourth-order valence-electron chi connectivity index (χ4n) is 2.76. The summed E-state index contributed by atoms with van der Waals surface area (Å²) in [5.74, 6) is -2.42. The van der Waals surface area contributed by atoms with E-state index in [2.05, 4.69) is 5.32 Å². The van der Waals surface area contributed by atoms with E-state index in [0.717, 1.165) is 4.90 Å². The molecule has 0 saturated carbocycles. The van der Waals surface area contributed by atoms with Gasteiger partial charge in [0.25, 0.3) is 23.4 Å². The molecule has 29 heavy (non-hydrogen) atoms. The van der Waals surface area contributed by atoms with E-state index in [0.29, 0.717) is 0 Å². The number of benzene rings is 2. The van der Waals surface area contributed by atoms with Gasteiger partial charge in [0.05, 0.1) is 22.5 Å². The van der Waals surface area contributed by atoms with Crippen molar-refractivity contribution in [1.29, 1.82) is 0 Å². The smallest absolute Gasteiger partial charge is 0.308 e. The Hall–Kier alpha value is -4.08. The van der Waals surface area contributed by atoms with Gasteiger partial charge in [0, 0.05) is 24.4 Å². The summed E-state index contributed by atoms with van der Waals surface area (Å²) in [6, 6.07) is 11.6. The molecule has 148 valence electrons. The zero-order valence-electron chi connectivity index (χ0n) is 15.0. The number of ether oxygens (including phenoxy) is 1. The van der Waals surface area contributed by atoms with E-state index >= 15 is 0 Å². The van der Waals surface area contributed by atoms with Crippen molar-refractivity contribution in [1.82, 2.24) is 4.90 Å². The lowest BCUT2D eigenvalue weighted by Gasteiger charge is -2.13. The summed E-state index contributed by atoms with van der Waals surface area (Å²) >= 11 is 0. The second-order valence-corrected chi connectivity index (χ2v) is 6.07. The Balaban J connectivity index is 1.46. The van der Waals surface area contributed by atoms with Crippen LogP contribution in [0.1, 0.15) is 27.1 Å². The van der Waals surface area contributed by atoms with Gasteiger partial charge in [0.2, 0.25) is 0 Å². The van der Waals surface area contributed by atoms with E-state index in [9.17, 15) is 29.3 Å². The maximum Gasteiger partial charge on any atom is 0.308 e. The van der Waals surface area contributed by atoms with Crippen LogP contribution in [-0.2, 0) is 14.3 Å². The second-order valence-electron chi connectivity index (χ2n) is 6.07. The quantitative estimate of drug-likeness (QED) is 0.325. The molecule has 1 N–H and O–H groups in total. The van der Waals surface area contributed by atoms with Gasteiger partial charge >= 0.3 is 5.97 Å². The summed E-state index contributed by atoms with van der Waals surface area (Å²) in [5.41, 5.74) is 0.552. The first-order chi connectivity index (χ1) is 13.9. The first kappa shape index (κ1) is 19.7. The number of nitrogens with one attached hydrogen (secondary N) is 1. The number of anilines is 1. The third-order valence-electron chi connectivity index (χ3n) is 4.12. The van der Waals surface area contributed by atoms with Crippen molar-refractivity contribution in [3.63, 3.8) is 0 Å². The van der Waals surface area contributed by atoms with Crippen LogP contribution >= 0.6 is 0 Å². The highest BCUT2D eigenvalue weighted by Gasteiger charge is 2.35. The summed E-state index contributed by atoms with van der Waals surface area (Å²) in [6.45, 7) is -0.776. The zero-order chi connectivity index (χ0) is 21.0. The minimum atomic E-state index is -0.768. The predicted molar refractivity (Wildman–Crippen MR) is 99.1 cm³/mol. The van der Waals surface area contributed by atoms with Crippen LogP contribution in [0, 0.1) is 10.1 Å². The van der Waals surface area contributed by atoms with Crippen molar-refractivity contribution in [3.8, 4) is 0 Å². The normalized spacial score (nSPS) is 12.5. The van der Waals surface area contributed by atoms with E-state index in [1.807, 2.05) is 0 Å². The molecule has 3 amide bonds. The molecule has 10 heteroatoms. The molecule has 3 rings (SSSR count). The van der Waals surface area contributed by atoms with E-state index in [1.54, 1.807) is 12.1 Å². The van der Waals surface area contributed by atoms with Gasteiger partial charge in [-0.1, -0.05) is 18.2 Å². The average molecular weight is 397 g/mol. The molecule has 0 fully saturated rings. The molecular formula is C19H15N3O7. The molecule has 10 nitrogen and oxygen atoms in total. The molecule has 1 heterocycles. The summed E-state index contributed by atoms with van der Waals surface area (Å²) in [5, 5.41) is 13.1. The molecule has 0 aliphatic carbocycles. The van der Waals surface area contributed by atoms with Gasteiger partial charge in [0.15, 0.2) is 6.61 Å². The Labute approximate surface area is 164 Å². The van der Waals surface area contributed by atoms with E-state index in [1.165, 1.54) is 36.4 Å². The minimum absolute atomic E-state index is 0.169. The Kier molecular flexibility index (Phi) is 5.63. The first-order valence-electron chi connectivity index (χ1n) is 8.52. The monoisotopic (exact) mass is 397 g/mol.